The summed E-state index contributed by atoms with van der Waals surface area (Å²) < 4.78 is 0. The summed E-state index contributed by atoms with van der Waals surface area (Å²) >= 11 is 5.86. The molecule has 1 amide bonds. The maximum atomic E-state index is 12.8. The number of aromatic nitrogens is 3. The second kappa shape index (κ2) is 6.65. The highest BCUT2D eigenvalue weighted by atomic mass is 35.5. The number of carbonyl (C=O) groups excluding carboxylic acids is 1. The number of amides is 1. The highest BCUT2D eigenvalue weighted by molar-refractivity contribution is 6.30. The van der Waals surface area contributed by atoms with Gasteiger partial charge in [-0.05, 0) is 36.2 Å². The maximum absolute atomic E-state index is 12.8. The van der Waals surface area contributed by atoms with Crippen LogP contribution in [0.5, 0.6) is 0 Å². The van der Waals surface area contributed by atoms with E-state index in [4.69, 9.17) is 11.6 Å². The normalized spacial score (nSPS) is 11.1. The predicted molar refractivity (Wildman–Crippen MR) is 102 cm³/mol. The minimum Gasteiger partial charge on any atom is -0.360 e. The molecule has 0 aliphatic rings. The lowest BCUT2D eigenvalue weighted by Crippen LogP contribution is -2.30. The quantitative estimate of drug-likeness (QED) is 0.518. The van der Waals surface area contributed by atoms with Gasteiger partial charge in [-0.15, -0.1) is 0 Å². The number of nitrogens with zero attached hydrogens (tertiary/aromatic N) is 1. The number of hydrogen-bond donors (Lipinski definition) is 3. The molecule has 0 saturated heterocycles. The fourth-order valence-electron chi connectivity index (χ4n) is 2.97. The van der Waals surface area contributed by atoms with Crippen molar-refractivity contribution < 1.29 is 4.79 Å². The number of nitrogens with one attached hydrogen (secondary N) is 3. The molecular weight excluding hydrogens is 352 g/mol. The van der Waals surface area contributed by atoms with Gasteiger partial charge in [0.05, 0.1) is 22.6 Å². The Kier molecular flexibility index (Phi) is 4.18. The Morgan fingerprint density at radius 3 is 2.69 bits per heavy atom. The van der Waals surface area contributed by atoms with Crippen LogP contribution in [0.1, 0.15) is 15.9 Å². The molecule has 3 N–H and O–H groups in total. The lowest BCUT2D eigenvalue weighted by Gasteiger charge is -2.07. The molecule has 0 unspecified atom stereocenters. The molecule has 0 atom stereocenters. The van der Waals surface area contributed by atoms with E-state index < -0.39 is 5.91 Å². The maximum Gasteiger partial charge on any atom is 0.256 e. The van der Waals surface area contributed by atoms with E-state index in [0.29, 0.717) is 34.3 Å². The lowest BCUT2D eigenvalue weighted by atomic mass is 10.1. The van der Waals surface area contributed by atoms with Crippen molar-refractivity contribution >= 4 is 39.3 Å². The van der Waals surface area contributed by atoms with Gasteiger partial charge in [-0.3, -0.25) is 14.7 Å². The summed E-state index contributed by atoms with van der Waals surface area (Å²) in [7, 11) is 0. The first-order valence-electron chi connectivity index (χ1n) is 8.13. The largest absolute Gasteiger partial charge is 0.360 e. The van der Waals surface area contributed by atoms with E-state index in [1.807, 2.05) is 30.3 Å². The topological polar surface area (TPSA) is 90.6 Å². The zero-order chi connectivity index (χ0) is 18.1. The molecule has 0 aliphatic carbocycles. The number of carbonyl (C=O) groups is 1. The number of fused-ring (bicyclic) bond motifs is 3. The van der Waals surface area contributed by atoms with Crippen LogP contribution in [0.2, 0.25) is 5.02 Å². The molecule has 4 aromatic rings. The highest BCUT2D eigenvalue weighted by Gasteiger charge is 2.15. The van der Waals surface area contributed by atoms with Gasteiger partial charge in [0.1, 0.15) is 5.56 Å². The zero-order valence-corrected chi connectivity index (χ0v) is 14.4. The average Bonchev–Trinajstić information content (AvgIpc) is 3.12. The number of rotatable bonds is 4. The van der Waals surface area contributed by atoms with Crippen LogP contribution in [0.25, 0.3) is 21.8 Å². The standard InChI is InChI=1S/C19H15ClN4O2/c20-12-3-1-11(2-4-12)7-8-21-19(26)14-9-22-16-6-5-15-13(10-23-24-15)17(16)18(14)25/h1-6,9-10H,7-8H2,(H,21,26)(H,22,25)(H,23,24). The fourth-order valence-corrected chi connectivity index (χ4v) is 3.09. The Morgan fingerprint density at radius 2 is 1.88 bits per heavy atom. The van der Waals surface area contributed by atoms with E-state index in [1.54, 1.807) is 12.3 Å². The Morgan fingerprint density at radius 1 is 1.12 bits per heavy atom. The third-order valence-corrected chi connectivity index (χ3v) is 4.58. The van der Waals surface area contributed by atoms with E-state index >= 15 is 0 Å². The third kappa shape index (κ3) is 2.95. The smallest absolute Gasteiger partial charge is 0.256 e. The Bertz CT molecular complexity index is 1160. The molecule has 7 heteroatoms. The second-order valence-corrected chi connectivity index (χ2v) is 6.42. The molecular formula is C19H15ClN4O2. The average molecular weight is 367 g/mol. The van der Waals surface area contributed by atoms with Gasteiger partial charge in [-0.25, -0.2) is 0 Å². The second-order valence-electron chi connectivity index (χ2n) is 5.98. The van der Waals surface area contributed by atoms with Crippen LogP contribution in [0, 0.1) is 0 Å². The van der Waals surface area contributed by atoms with E-state index in [1.165, 1.54) is 6.20 Å². The van der Waals surface area contributed by atoms with Crippen LogP contribution in [-0.4, -0.2) is 27.6 Å². The number of benzene rings is 2. The predicted octanol–water partition coefficient (Wildman–Crippen LogP) is 3.03. The lowest BCUT2D eigenvalue weighted by molar-refractivity contribution is 0.0953. The number of halogens is 1. The number of hydrogen-bond acceptors (Lipinski definition) is 3. The van der Waals surface area contributed by atoms with Crippen LogP contribution < -0.4 is 10.7 Å². The van der Waals surface area contributed by atoms with E-state index in [0.717, 1.165) is 11.1 Å². The van der Waals surface area contributed by atoms with Gasteiger partial charge >= 0.3 is 0 Å². The van der Waals surface area contributed by atoms with Crippen molar-refractivity contribution in [3.05, 3.63) is 75.2 Å². The molecule has 26 heavy (non-hydrogen) atoms. The van der Waals surface area contributed by atoms with Gasteiger partial charge in [-0.2, -0.15) is 5.10 Å². The Labute approximate surface area is 153 Å². The van der Waals surface area contributed by atoms with Crippen molar-refractivity contribution in [3.63, 3.8) is 0 Å². The number of pyridine rings is 1. The van der Waals surface area contributed by atoms with Crippen molar-refractivity contribution in [1.82, 2.24) is 20.5 Å². The summed E-state index contributed by atoms with van der Waals surface area (Å²) in [6.07, 6.45) is 3.70. The SMILES string of the molecule is O=C(NCCc1ccc(Cl)cc1)c1c[nH]c2ccc3[nH]ncc3c2c1=O. The summed E-state index contributed by atoms with van der Waals surface area (Å²) in [5, 5.41) is 11.4. The third-order valence-electron chi connectivity index (χ3n) is 4.32. The highest BCUT2D eigenvalue weighted by Crippen LogP contribution is 2.19. The minimum absolute atomic E-state index is 0.0855. The van der Waals surface area contributed by atoms with E-state index in [-0.39, 0.29) is 11.0 Å². The molecule has 4 rings (SSSR count). The molecule has 0 aliphatic heterocycles. The molecule has 2 heterocycles. The first kappa shape index (κ1) is 16.4. The van der Waals surface area contributed by atoms with Gasteiger partial charge < -0.3 is 10.3 Å². The van der Waals surface area contributed by atoms with Gasteiger partial charge in [0, 0.05) is 23.2 Å². The summed E-state index contributed by atoms with van der Waals surface area (Å²) in [4.78, 5) is 28.3. The number of aromatic amines is 2. The molecule has 130 valence electrons. The molecule has 0 spiro atoms. The van der Waals surface area contributed by atoms with Crippen LogP contribution in [0.15, 0.2) is 53.6 Å². The zero-order valence-electron chi connectivity index (χ0n) is 13.7. The van der Waals surface area contributed by atoms with Crippen LogP contribution in [0.4, 0.5) is 0 Å². The van der Waals surface area contributed by atoms with Gasteiger partial charge in [0.2, 0.25) is 5.43 Å². The first-order chi connectivity index (χ1) is 12.6. The van der Waals surface area contributed by atoms with Crippen molar-refractivity contribution in [3.8, 4) is 0 Å². The summed E-state index contributed by atoms with van der Waals surface area (Å²) in [6.45, 7) is 0.424. The van der Waals surface area contributed by atoms with Crippen LogP contribution in [0.3, 0.4) is 0 Å². The molecule has 0 saturated carbocycles. The van der Waals surface area contributed by atoms with E-state index in [2.05, 4.69) is 20.5 Å². The molecule has 0 bridgehead atoms. The summed E-state index contributed by atoms with van der Waals surface area (Å²) in [5.41, 5.74) is 2.25. The van der Waals surface area contributed by atoms with Gasteiger partial charge in [0.15, 0.2) is 0 Å². The van der Waals surface area contributed by atoms with Crippen molar-refractivity contribution in [2.75, 3.05) is 6.54 Å². The van der Waals surface area contributed by atoms with Crippen molar-refractivity contribution in [1.29, 1.82) is 0 Å². The Balaban J connectivity index is 1.57. The Hall–Kier alpha value is -3.12. The van der Waals surface area contributed by atoms with Gasteiger partial charge in [0.25, 0.3) is 5.91 Å². The van der Waals surface area contributed by atoms with Crippen LogP contribution >= 0.6 is 11.6 Å². The van der Waals surface area contributed by atoms with Crippen LogP contribution in [-0.2, 0) is 6.42 Å². The number of H-pyrrole nitrogens is 2. The molecule has 0 radical (unpaired) electrons. The van der Waals surface area contributed by atoms with Crippen molar-refractivity contribution in [2.45, 2.75) is 6.42 Å². The van der Waals surface area contributed by atoms with E-state index in [9.17, 15) is 9.59 Å². The molecule has 6 nitrogen and oxygen atoms in total. The van der Waals surface area contributed by atoms with Gasteiger partial charge in [-0.1, -0.05) is 23.7 Å². The fraction of sp³-hybridized carbons (Fsp3) is 0.105. The molecule has 2 aromatic carbocycles. The first-order valence-corrected chi connectivity index (χ1v) is 8.51. The summed E-state index contributed by atoms with van der Waals surface area (Å²) in [5.74, 6) is -0.400. The summed E-state index contributed by atoms with van der Waals surface area (Å²) in [6, 6.07) is 11.1. The monoisotopic (exact) mass is 366 g/mol. The molecule has 0 fully saturated rings. The van der Waals surface area contributed by atoms with Crippen molar-refractivity contribution in [2.24, 2.45) is 0 Å². The molecule has 2 aromatic heterocycles. The minimum atomic E-state index is -0.400.